The van der Waals surface area contributed by atoms with Gasteiger partial charge in [0.05, 0.1) is 23.0 Å². The third kappa shape index (κ3) is 4.56. The van der Waals surface area contributed by atoms with Gasteiger partial charge in [-0.15, -0.1) is 11.3 Å². The summed E-state index contributed by atoms with van der Waals surface area (Å²) in [5.74, 6) is 1.01. The Balaban J connectivity index is 1.41. The Morgan fingerprint density at radius 3 is 2.58 bits per heavy atom. The third-order valence-electron chi connectivity index (χ3n) is 5.35. The maximum Gasteiger partial charge on any atom is 0.258 e. The molecule has 0 radical (unpaired) electrons. The van der Waals surface area contributed by atoms with Gasteiger partial charge >= 0.3 is 0 Å². The van der Waals surface area contributed by atoms with E-state index in [9.17, 15) is 4.79 Å². The lowest BCUT2D eigenvalue weighted by atomic mass is 10.0. The number of para-hydroxylation sites is 1. The third-order valence-corrected chi connectivity index (χ3v) is 6.11. The lowest BCUT2D eigenvalue weighted by Crippen LogP contribution is -2.13. The van der Waals surface area contributed by atoms with Crippen molar-refractivity contribution in [1.82, 2.24) is 9.97 Å². The second-order valence-electron chi connectivity index (χ2n) is 8.34. The van der Waals surface area contributed by atoms with Crippen LogP contribution < -0.4 is 5.32 Å². The average Bonchev–Trinajstić information content (AvgIpc) is 3.51. The number of nitrogens with one attached hydrogen (secondary N) is 1. The van der Waals surface area contributed by atoms with Crippen molar-refractivity contribution < 1.29 is 9.21 Å². The van der Waals surface area contributed by atoms with Gasteiger partial charge in [-0.25, -0.2) is 9.97 Å². The van der Waals surface area contributed by atoms with Crippen molar-refractivity contribution in [3.63, 3.8) is 0 Å². The summed E-state index contributed by atoms with van der Waals surface area (Å²) in [6.07, 6.45) is 2.65. The zero-order valence-electron chi connectivity index (χ0n) is 18.4. The number of hydrogen-bond acceptors (Lipinski definition) is 5. The van der Waals surface area contributed by atoms with E-state index in [1.54, 1.807) is 18.4 Å². The molecule has 164 valence electrons. The number of thiazole rings is 1. The molecule has 6 heteroatoms. The predicted octanol–water partition coefficient (Wildman–Crippen LogP) is 7.07. The molecule has 0 atom stereocenters. The summed E-state index contributed by atoms with van der Waals surface area (Å²) in [5.41, 5.74) is 5.08. The van der Waals surface area contributed by atoms with Crippen LogP contribution in [0.25, 0.3) is 33.6 Å². The van der Waals surface area contributed by atoms with Gasteiger partial charge in [0, 0.05) is 16.3 Å². The van der Waals surface area contributed by atoms with Crippen LogP contribution in [0.4, 0.5) is 5.13 Å². The SMILES string of the molecule is CC(C)Cc1ccc(-c2csc(NC(=O)c3cc(-c4ccco4)nc4ccccc34)n2)cc1. The molecule has 5 aromatic rings. The van der Waals surface area contributed by atoms with E-state index in [-0.39, 0.29) is 5.91 Å². The topological polar surface area (TPSA) is 68.0 Å². The standard InChI is InChI=1S/C27H23N3O2S/c1-17(2)14-18-9-11-19(12-10-18)24-16-33-27(29-24)30-26(31)21-15-23(25-8-5-13-32-25)28-22-7-4-3-6-20(21)22/h3-13,15-17H,14H2,1-2H3,(H,29,30,31). The molecule has 1 N–H and O–H groups in total. The van der Waals surface area contributed by atoms with Crippen molar-refractivity contribution in [2.75, 3.05) is 5.32 Å². The Hall–Kier alpha value is -3.77. The molecule has 3 heterocycles. The second kappa shape index (κ2) is 9.00. The van der Waals surface area contributed by atoms with Gasteiger partial charge in [-0.3, -0.25) is 10.1 Å². The number of nitrogens with zero attached hydrogens (tertiary/aromatic N) is 2. The molecule has 3 aromatic heterocycles. The van der Waals surface area contributed by atoms with E-state index >= 15 is 0 Å². The largest absolute Gasteiger partial charge is 0.463 e. The summed E-state index contributed by atoms with van der Waals surface area (Å²) >= 11 is 1.41. The van der Waals surface area contributed by atoms with Crippen LogP contribution >= 0.6 is 11.3 Å². The summed E-state index contributed by atoms with van der Waals surface area (Å²) in [6.45, 7) is 4.43. The Morgan fingerprint density at radius 1 is 1.00 bits per heavy atom. The van der Waals surface area contributed by atoms with E-state index in [1.165, 1.54) is 16.9 Å². The number of carbonyl (C=O) groups is 1. The van der Waals surface area contributed by atoms with Crippen LogP contribution in [0.3, 0.4) is 0 Å². The highest BCUT2D eigenvalue weighted by Gasteiger charge is 2.16. The molecular formula is C27H23N3O2S. The Kier molecular flexibility index (Phi) is 5.75. The number of rotatable bonds is 6. The number of fused-ring (bicyclic) bond motifs is 1. The monoisotopic (exact) mass is 453 g/mol. The molecule has 0 aliphatic rings. The number of pyridine rings is 1. The van der Waals surface area contributed by atoms with E-state index in [4.69, 9.17) is 4.42 Å². The van der Waals surface area contributed by atoms with Gasteiger partial charge in [0.15, 0.2) is 10.9 Å². The Bertz CT molecular complexity index is 1400. The molecule has 33 heavy (non-hydrogen) atoms. The molecular weight excluding hydrogens is 430 g/mol. The van der Waals surface area contributed by atoms with Gasteiger partial charge in [0.2, 0.25) is 0 Å². The zero-order chi connectivity index (χ0) is 22.8. The molecule has 0 spiro atoms. The van der Waals surface area contributed by atoms with Crippen LogP contribution in [0.2, 0.25) is 0 Å². The van der Waals surface area contributed by atoms with Gasteiger partial charge in [-0.05, 0) is 42.2 Å². The van der Waals surface area contributed by atoms with Gasteiger partial charge in [0.25, 0.3) is 5.91 Å². The van der Waals surface area contributed by atoms with Gasteiger partial charge in [0.1, 0.15) is 5.69 Å². The van der Waals surface area contributed by atoms with Gasteiger partial charge in [-0.2, -0.15) is 0 Å². The lowest BCUT2D eigenvalue weighted by Gasteiger charge is -2.08. The Labute approximate surface area is 196 Å². The van der Waals surface area contributed by atoms with Crippen LogP contribution in [-0.4, -0.2) is 15.9 Å². The minimum atomic E-state index is -0.227. The van der Waals surface area contributed by atoms with E-state index in [0.717, 1.165) is 28.6 Å². The van der Waals surface area contributed by atoms with E-state index in [2.05, 4.69) is 53.4 Å². The summed E-state index contributed by atoms with van der Waals surface area (Å²) < 4.78 is 5.50. The van der Waals surface area contributed by atoms with Gasteiger partial charge in [-0.1, -0.05) is 56.3 Å². The number of carbonyl (C=O) groups excluding carboxylic acids is 1. The molecule has 0 bridgehead atoms. The smallest absolute Gasteiger partial charge is 0.258 e. The average molecular weight is 454 g/mol. The first kappa shape index (κ1) is 21.1. The summed E-state index contributed by atoms with van der Waals surface area (Å²) in [7, 11) is 0. The highest BCUT2D eigenvalue weighted by atomic mass is 32.1. The van der Waals surface area contributed by atoms with Crippen molar-refractivity contribution >= 4 is 33.3 Å². The fourth-order valence-electron chi connectivity index (χ4n) is 3.82. The first-order valence-electron chi connectivity index (χ1n) is 10.9. The van der Waals surface area contributed by atoms with E-state index < -0.39 is 0 Å². The minimum absolute atomic E-state index is 0.227. The molecule has 5 rings (SSSR count). The van der Waals surface area contributed by atoms with Crippen LogP contribution in [-0.2, 0) is 6.42 Å². The van der Waals surface area contributed by atoms with Gasteiger partial charge < -0.3 is 4.42 Å². The van der Waals surface area contributed by atoms with Crippen molar-refractivity contribution in [1.29, 1.82) is 0 Å². The van der Waals surface area contributed by atoms with Crippen LogP contribution in [0, 0.1) is 5.92 Å². The molecule has 5 nitrogen and oxygen atoms in total. The molecule has 0 aliphatic carbocycles. The predicted molar refractivity (Wildman–Crippen MR) is 133 cm³/mol. The summed E-state index contributed by atoms with van der Waals surface area (Å²) in [4.78, 5) is 22.5. The second-order valence-corrected chi connectivity index (χ2v) is 9.19. The van der Waals surface area contributed by atoms with Crippen molar-refractivity contribution in [3.05, 3.63) is 89.5 Å². The number of benzene rings is 2. The van der Waals surface area contributed by atoms with Crippen LogP contribution in [0.15, 0.2) is 82.8 Å². The summed E-state index contributed by atoms with van der Waals surface area (Å²) in [5, 5.41) is 6.26. The zero-order valence-corrected chi connectivity index (χ0v) is 19.2. The van der Waals surface area contributed by atoms with E-state index in [0.29, 0.717) is 28.1 Å². The number of anilines is 1. The maximum absolute atomic E-state index is 13.2. The normalized spacial score (nSPS) is 11.2. The minimum Gasteiger partial charge on any atom is -0.463 e. The highest BCUT2D eigenvalue weighted by Crippen LogP contribution is 2.28. The number of aromatic nitrogens is 2. The fraction of sp³-hybridized carbons (Fsp3) is 0.148. The molecule has 0 aliphatic heterocycles. The van der Waals surface area contributed by atoms with Crippen LogP contribution in [0.1, 0.15) is 29.8 Å². The molecule has 2 aromatic carbocycles. The number of furan rings is 1. The first-order valence-corrected chi connectivity index (χ1v) is 11.7. The fourth-order valence-corrected chi connectivity index (χ4v) is 4.54. The van der Waals surface area contributed by atoms with Crippen molar-refractivity contribution in [3.8, 4) is 22.7 Å². The molecule has 0 saturated heterocycles. The molecule has 0 saturated carbocycles. The summed E-state index contributed by atoms with van der Waals surface area (Å²) in [6, 6.07) is 21.5. The van der Waals surface area contributed by atoms with Crippen molar-refractivity contribution in [2.45, 2.75) is 20.3 Å². The lowest BCUT2D eigenvalue weighted by molar-refractivity contribution is 0.102. The molecule has 0 unspecified atom stereocenters. The van der Waals surface area contributed by atoms with Crippen molar-refractivity contribution in [2.24, 2.45) is 5.92 Å². The number of hydrogen-bond donors (Lipinski definition) is 1. The first-order chi connectivity index (χ1) is 16.1. The van der Waals surface area contributed by atoms with Crippen LogP contribution in [0.5, 0.6) is 0 Å². The Morgan fingerprint density at radius 2 is 1.82 bits per heavy atom. The quantitative estimate of drug-likeness (QED) is 0.299. The number of amides is 1. The van der Waals surface area contributed by atoms with E-state index in [1.807, 2.05) is 35.7 Å². The highest BCUT2D eigenvalue weighted by molar-refractivity contribution is 7.14. The molecule has 0 fully saturated rings. The maximum atomic E-state index is 13.2. The molecule has 1 amide bonds.